The first kappa shape index (κ1) is 24.0. The molecule has 0 unspecified atom stereocenters. The molecule has 0 spiro atoms. The number of sulfonamides is 1. The Hall–Kier alpha value is -2.62. The molecule has 2 aromatic rings. The zero-order chi connectivity index (χ0) is 23.0. The fraction of sp³-hybridized carbons (Fsp3) is 0.435. The Morgan fingerprint density at radius 1 is 1.03 bits per heavy atom. The van der Waals surface area contributed by atoms with Crippen LogP contribution in [0.5, 0.6) is 5.75 Å². The van der Waals surface area contributed by atoms with Crippen LogP contribution in [0.3, 0.4) is 0 Å². The van der Waals surface area contributed by atoms with Gasteiger partial charge >= 0.3 is 0 Å². The Morgan fingerprint density at radius 3 is 2.38 bits per heavy atom. The van der Waals surface area contributed by atoms with Crippen molar-refractivity contribution in [2.24, 2.45) is 0 Å². The number of carbonyl (C=O) groups excluding carboxylic acids is 1. The highest BCUT2D eigenvalue weighted by Gasteiger charge is 2.17. The van der Waals surface area contributed by atoms with E-state index in [4.69, 9.17) is 4.74 Å². The molecule has 1 heterocycles. The molecule has 174 valence electrons. The summed E-state index contributed by atoms with van der Waals surface area (Å²) in [7, 11) is -2.27. The normalized spacial score (nSPS) is 15.3. The van der Waals surface area contributed by atoms with Gasteiger partial charge in [0.05, 0.1) is 12.0 Å². The van der Waals surface area contributed by atoms with Crippen molar-refractivity contribution in [2.75, 3.05) is 57.6 Å². The summed E-state index contributed by atoms with van der Waals surface area (Å²) in [6.45, 7) is 9.07. The SMILES string of the molecule is CCN1CCN(CCCNC(=O)c2cccc(S(=O)(=O)Nc3ccc(OC)cc3)c2)CC1. The van der Waals surface area contributed by atoms with Gasteiger partial charge in [-0.25, -0.2) is 8.42 Å². The number of piperazine rings is 1. The Kier molecular flexibility index (Phi) is 8.49. The molecule has 9 heteroatoms. The maximum Gasteiger partial charge on any atom is 0.261 e. The lowest BCUT2D eigenvalue weighted by Gasteiger charge is -2.33. The largest absolute Gasteiger partial charge is 0.497 e. The van der Waals surface area contributed by atoms with Crippen LogP contribution in [0.2, 0.25) is 0 Å². The number of amides is 1. The van der Waals surface area contributed by atoms with E-state index >= 15 is 0 Å². The van der Waals surface area contributed by atoms with Gasteiger partial charge in [0.25, 0.3) is 15.9 Å². The number of benzene rings is 2. The van der Waals surface area contributed by atoms with Crippen molar-refractivity contribution in [3.05, 3.63) is 54.1 Å². The number of nitrogens with zero attached hydrogens (tertiary/aromatic N) is 2. The molecular weight excluding hydrogens is 428 g/mol. The number of ether oxygens (including phenoxy) is 1. The second-order valence-electron chi connectivity index (χ2n) is 7.75. The van der Waals surface area contributed by atoms with E-state index in [1.165, 1.54) is 12.1 Å². The van der Waals surface area contributed by atoms with Crippen LogP contribution in [0.4, 0.5) is 5.69 Å². The minimum absolute atomic E-state index is 0.0368. The number of nitrogens with one attached hydrogen (secondary N) is 2. The van der Waals surface area contributed by atoms with Crippen LogP contribution < -0.4 is 14.8 Å². The first-order chi connectivity index (χ1) is 15.4. The smallest absolute Gasteiger partial charge is 0.261 e. The number of likely N-dealkylation sites (N-methyl/N-ethyl adjacent to an activating group) is 1. The molecule has 0 atom stereocenters. The average molecular weight is 461 g/mol. The standard InChI is InChI=1S/C23H32N4O4S/c1-3-26-14-16-27(17-15-26)13-5-12-24-23(28)19-6-4-7-22(18-19)32(29,30)25-20-8-10-21(31-2)11-9-20/h4,6-11,18,25H,3,5,12-17H2,1-2H3,(H,24,28). The molecule has 8 nitrogen and oxygen atoms in total. The molecule has 3 rings (SSSR count). The van der Waals surface area contributed by atoms with Crippen molar-refractivity contribution >= 4 is 21.6 Å². The zero-order valence-corrected chi connectivity index (χ0v) is 19.5. The van der Waals surface area contributed by atoms with Gasteiger partial charge in [-0.2, -0.15) is 0 Å². The lowest BCUT2D eigenvalue weighted by molar-refractivity contribution is 0.0948. The molecule has 2 aromatic carbocycles. The fourth-order valence-corrected chi connectivity index (χ4v) is 4.72. The summed E-state index contributed by atoms with van der Waals surface area (Å²) in [6.07, 6.45) is 0.856. The van der Waals surface area contributed by atoms with Crippen molar-refractivity contribution < 1.29 is 17.9 Å². The average Bonchev–Trinajstić information content (AvgIpc) is 2.82. The molecule has 1 aliphatic rings. The maximum absolute atomic E-state index is 12.7. The highest BCUT2D eigenvalue weighted by molar-refractivity contribution is 7.92. The summed E-state index contributed by atoms with van der Waals surface area (Å²) in [5.41, 5.74) is 0.736. The summed E-state index contributed by atoms with van der Waals surface area (Å²) < 4.78 is 33.1. The van der Waals surface area contributed by atoms with E-state index in [0.717, 1.165) is 45.7 Å². The van der Waals surface area contributed by atoms with Gasteiger partial charge < -0.3 is 19.9 Å². The monoisotopic (exact) mass is 460 g/mol. The zero-order valence-electron chi connectivity index (χ0n) is 18.7. The van der Waals surface area contributed by atoms with Crippen LogP contribution in [-0.4, -0.2) is 77.0 Å². The van der Waals surface area contributed by atoms with E-state index in [1.807, 2.05) is 0 Å². The van der Waals surface area contributed by atoms with Gasteiger partial charge in [-0.3, -0.25) is 9.52 Å². The number of rotatable bonds is 10. The summed E-state index contributed by atoms with van der Waals surface area (Å²) in [5.74, 6) is 0.358. The first-order valence-corrected chi connectivity index (χ1v) is 12.4. The minimum Gasteiger partial charge on any atom is -0.497 e. The van der Waals surface area contributed by atoms with Crippen LogP contribution in [0, 0.1) is 0 Å². The molecule has 1 saturated heterocycles. The second-order valence-corrected chi connectivity index (χ2v) is 9.43. The molecule has 0 aromatic heterocycles. The quantitative estimate of drug-likeness (QED) is 0.529. The Balaban J connectivity index is 1.51. The molecular formula is C23H32N4O4S. The third-order valence-electron chi connectivity index (χ3n) is 5.60. The Morgan fingerprint density at radius 2 is 1.72 bits per heavy atom. The summed E-state index contributed by atoms with van der Waals surface area (Å²) >= 11 is 0. The molecule has 0 aliphatic carbocycles. The fourth-order valence-electron chi connectivity index (χ4n) is 3.61. The van der Waals surface area contributed by atoms with Gasteiger partial charge in [0.15, 0.2) is 0 Å². The summed E-state index contributed by atoms with van der Waals surface area (Å²) in [6, 6.07) is 12.6. The number of methoxy groups -OCH3 is 1. The number of hydrogen-bond donors (Lipinski definition) is 2. The Labute approximate surface area is 190 Å². The van der Waals surface area contributed by atoms with Crippen molar-refractivity contribution in [3.63, 3.8) is 0 Å². The van der Waals surface area contributed by atoms with Gasteiger partial charge in [-0.1, -0.05) is 13.0 Å². The molecule has 1 amide bonds. The molecule has 1 fully saturated rings. The lowest BCUT2D eigenvalue weighted by atomic mass is 10.2. The van der Waals surface area contributed by atoms with E-state index in [1.54, 1.807) is 43.5 Å². The third-order valence-corrected chi connectivity index (χ3v) is 6.98. The summed E-state index contributed by atoms with van der Waals surface area (Å²) in [4.78, 5) is 17.4. The highest BCUT2D eigenvalue weighted by atomic mass is 32.2. The first-order valence-electron chi connectivity index (χ1n) is 10.9. The van der Waals surface area contributed by atoms with Crippen LogP contribution in [0.25, 0.3) is 0 Å². The molecule has 32 heavy (non-hydrogen) atoms. The maximum atomic E-state index is 12.7. The van der Waals surface area contributed by atoms with Crippen LogP contribution >= 0.6 is 0 Å². The second kappa shape index (κ2) is 11.3. The van der Waals surface area contributed by atoms with Crippen molar-refractivity contribution in [2.45, 2.75) is 18.2 Å². The van der Waals surface area contributed by atoms with Crippen molar-refractivity contribution in [3.8, 4) is 5.75 Å². The van der Waals surface area contributed by atoms with Gasteiger partial charge in [0, 0.05) is 44.0 Å². The molecule has 0 saturated carbocycles. The van der Waals surface area contributed by atoms with Gasteiger partial charge in [-0.15, -0.1) is 0 Å². The number of carbonyl (C=O) groups is 1. The van der Waals surface area contributed by atoms with Gasteiger partial charge in [0.1, 0.15) is 5.75 Å². The van der Waals surface area contributed by atoms with Crippen LogP contribution in [0.15, 0.2) is 53.4 Å². The van der Waals surface area contributed by atoms with Crippen molar-refractivity contribution in [1.29, 1.82) is 0 Å². The van der Waals surface area contributed by atoms with Gasteiger partial charge in [0.2, 0.25) is 0 Å². The predicted octanol–water partition coefficient (Wildman–Crippen LogP) is 2.25. The lowest BCUT2D eigenvalue weighted by Crippen LogP contribution is -2.46. The van der Waals surface area contributed by atoms with Gasteiger partial charge in [-0.05, 0) is 62.0 Å². The molecule has 0 bridgehead atoms. The topological polar surface area (TPSA) is 91.0 Å². The Bertz CT molecular complexity index is 987. The van der Waals surface area contributed by atoms with E-state index in [9.17, 15) is 13.2 Å². The van der Waals surface area contributed by atoms with E-state index in [-0.39, 0.29) is 10.8 Å². The third kappa shape index (κ3) is 6.69. The molecule has 0 radical (unpaired) electrons. The van der Waals surface area contributed by atoms with E-state index < -0.39 is 10.0 Å². The van der Waals surface area contributed by atoms with Crippen LogP contribution in [-0.2, 0) is 10.0 Å². The van der Waals surface area contributed by atoms with E-state index in [0.29, 0.717) is 23.5 Å². The number of hydrogen-bond acceptors (Lipinski definition) is 6. The molecule has 2 N–H and O–H groups in total. The summed E-state index contributed by atoms with van der Waals surface area (Å²) in [5, 5.41) is 2.89. The minimum atomic E-state index is -3.82. The highest BCUT2D eigenvalue weighted by Crippen LogP contribution is 2.20. The van der Waals surface area contributed by atoms with Crippen molar-refractivity contribution in [1.82, 2.24) is 15.1 Å². The van der Waals surface area contributed by atoms with E-state index in [2.05, 4.69) is 26.8 Å². The predicted molar refractivity (Wildman–Crippen MR) is 126 cm³/mol. The molecule has 1 aliphatic heterocycles. The van der Waals surface area contributed by atoms with Crippen LogP contribution in [0.1, 0.15) is 23.7 Å². The number of anilines is 1.